The number of rotatable bonds is 7. The Morgan fingerprint density at radius 3 is 2.21 bits per heavy atom. The van der Waals surface area contributed by atoms with Gasteiger partial charge in [-0.2, -0.15) is 0 Å². The quantitative estimate of drug-likeness (QED) is 0.716. The van der Waals surface area contributed by atoms with Crippen LogP contribution in [0, 0.1) is 0 Å². The van der Waals surface area contributed by atoms with Crippen molar-refractivity contribution >= 4 is 5.91 Å². The van der Waals surface area contributed by atoms with Crippen molar-refractivity contribution in [2.75, 3.05) is 40.8 Å². The molecule has 0 saturated carbocycles. The fourth-order valence-corrected chi connectivity index (χ4v) is 1.92. The van der Waals surface area contributed by atoms with E-state index >= 15 is 0 Å². The molecule has 106 valence electrons. The van der Waals surface area contributed by atoms with Gasteiger partial charge in [-0.05, 0) is 26.7 Å². The van der Waals surface area contributed by atoms with Crippen LogP contribution >= 0.6 is 0 Å². The molecule has 1 unspecified atom stereocenters. The van der Waals surface area contributed by atoms with Gasteiger partial charge >= 0.3 is 0 Å². The van der Waals surface area contributed by atoms with E-state index in [9.17, 15) is 4.79 Å². The van der Waals surface area contributed by atoms with Gasteiger partial charge in [-0.25, -0.2) is 0 Å². The minimum Gasteiger partial charge on any atom is -0.368 e. The third-order valence-electron chi connectivity index (χ3n) is 3.18. The molecule has 4 N–H and O–H groups in total. The summed E-state index contributed by atoms with van der Waals surface area (Å²) in [6.45, 7) is 2.13. The van der Waals surface area contributed by atoms with Crippen molar-refractivity contribution < 1.29 is 4.79 Å². The molecule has 19 heavy (non-hydrogen) atoms. The summed E-state index contributed by atoms with van der Waals surface area (Å²) in [4.78, 5) is 15.9. The Kier molecular flexibility index (Phi) is 5.47. The molecule has 1 rings (SSSR count). The van der Waals surface area contributed by atoms with Crippen molar-refractivity contribution in [3.8, 4) is 0 Å². The van der Waals surface area contributed by atoms with Crippen LogP contribution in [0.2, 0.25) is 0 Å². The number of carbonyl (C=O) groups excluding carboxylic acids is 1. The van der Waals surface area contributed by atoms with Gasteiger partial charge in [0.25, 0.3) is 0 Å². The number of benzene rings is 1. The molecule has 0 spiro atoms. The number of hydrogen-bond acceptors (Lipinski definition) is 4. The normalized spacial score (nSPS) is 14.6. The molecule has 1 atom stereocenters. The number of primary amides is 1. The first kappa shape index (κ1) is 15.6. The highest BCUT2D eigenvalue weighted by molar-refractivity contribution is 5.86. The molecule has 1 aromatic rings. The summed E-state index contributed by atoms with van der Waals surface area (Å²) in [5.41, 5.74) is 11.3. The molecule has 0 aliphatic rings. The van der Waals surface area contributed by atoms with E-state index < -0.39 is 11.4 Å². The lowest BCUT2D eigenvalue weighted by Crippen LogP contribution is -2.56. The maximum Gasteiger partial charge on any atom is 0.243 e. The molecule has 1 aromatic carbocycles. The largest absolute Gasteiger partial charge is 0.368 e. The average molecular weight is 264 g/mol. The lowest BCUT2D eigenvalue weighted by atomic mass is 9.89. The van der Waals surface area contributed by atoms with E-state index in [1.165, 1.54) is 0 Å². The fraction of sp³-hybridized carbons (Fsp3) is 0.500. The second-order valence-electron chi connectivity index (χ2n) is 5.24. The predicted octanol–water partition coefficient (Wildman–Crippen LogP) is -0.181. The van der Waals surface area contributed by atoms with Crippen LogP contribution in [-0.2, 0) is 10.3 Å². The molecule has 0 aromatic heterocycles. The number of nitrogens with two attached hydrogens (primary N) is 2. The Labute approximate surface area is 115 Å². The van der Waals surface area contributed by atoms with Crippen LogP contribution < -0.4 is 11.5 Å². The van der Waals surface area contributed by atoms with Crippen molar-refractivity contribution in [3.63, 3.8) is 0 Å². The van der Waals surface area contributed by atoms with Gasteiger partial charge in [-0.15, -0.1) is 0 Å². The summed E-state index contributed by atoms with van der Waals surface area (Å²) in [5, 5.41) is 0. The summed E-state index contributed by atoms with van der Waals surface area (Å²) >= 11 is 0. The molecular weight excluding hydrogens is 240 g/mol. The summed E-state index contributed by atoms with van der Waals surface area (Å²) in [6.07, 6.45) is 0. The predicted molar refractivity (Wildman–Crippen MR) is 77.6 cm³/mol. The monoisotopic (exact) mass is 264 g/mol. The van der Waals surface area contributed by atoms with Crippen LogP contribution in [0.4, 0.5) is 0 Å². The maximum absolute atomic E-state index is 11.8. The number of carbonyl (C=O) groups is 1. The molecule has 0 aliphatic carbocycles. The van der Waals surface area contributed by atoms with Gasteiger partial charge in [0.15, 0.2) is 0 Å². The fourth-order valence-electron chi connectivity index (χ4n) is 1.92. The van der Waals surface area contributed by atoms with Gasteiger partial charge in [-0.3, -0.25) is 4.79 Å². The van der Waals surface area contributed by atoms with Crippen LogP contribution in [0.5, 0.6) is 0 Å². The van der Waals surface area contributed by atoms with E-state index in [2.05, 4.69) is 4.90 Å². The summed E-state index contributed by atoms with van der Waals surface area (Å²) < 4.78 is 0. The summed E-state index contributed by atoms with van der Waals surface area (Å²) in [5.74, 6) is -0.504. The van der Waals surface area contributed by atoms with Gasteiger partial charge < -0.3 is 21.3 Å². The van der Waals surface area contributed by atoms with Crippen LogP contribution in [0.1, 0.15) is 5.56 Å². The Morgan fingerprint density at radius 1 is 1.16 bits per heavy atom. The number of likely N-dealkylation sites (N-methyl/N-ethyl adjacent to an activating group) is 2. The standard InChI is InChI=1S/C14H24N4O/c1-17(2)9-10-18(3)11-14(16,13(15)19)12-7-5-4-6-8-12/h4-8H,9-11,16H2,1-3H3,(H2,15,19). The SMILES string of the molecule is CN(C)CCN(C)CC(N)(C(N)=O)c1ccccc1. The van der Waals surface area contributed by atoms with Crippen LogP contribution in [0.15, 0.2) is 30.3 Å². The Bertz CT molecular complexity index is 407. The minimum absolute atomic E-state index is 0.403. The molecule has 0 bridgehead atoms. The second-order valence-corrected chi connectivity index (χ2v) is 5.24. The zero-order valence-electron chi connectivity index (χ0n) is 12.0. The smallest absolute Gasteiger partial charge is 0.243 e. The molecule has 5 heteroatoms. The van der Waals surface area contributed by atoms with Crippen molar-refractivity contribution in [2.45, 2.75) is 5.54 Å². The first-order valence-electron chi connectivity index (χ1n) is 6.34. The summed E-state index contributed by atoms with van der Waals surface area (Å²) in [7, 11) is 5.96. The average Bonchev–Trinajstić information content (AvgIpc) is 2.37. The van der Waals surface area contributed by atoms with E-state index in [0.717, 1.165) is 18.7 Å². The van der Waals surface area contributed by atoms with E-state index in [1.807, 2.05) is 56.4 Å². The molecule has 0 heterocycles. The van der Waals surface area contributed by atoms with Crippen molar-refractivity contribution in [3.05, 3.63) is 35.9 Å². The van der Waals surface area contributed by atoms with Crippen molar-refractivity contribution in [1.29, 1.82) is 0 Å². The first-order chi connectivity index (χ1) is 8.86. The number of amides is 1. The minimum atomic E-state index is -1.15. The van der Waals surface area contributed by atoms with Gasteiger partial charge in [-0.1, -0.05) is 30.3 Å². The number of hydrogen-bond donors (Lipinski definition) is 2. The Balaban J connectivity index is 2.81. The highest BCUT2D eigenvalue weighted by Gasteiger charge is 2.35. The molecular formula is C14H24N4O. The van der Waals surface area contributed by atoms with Gasteiger partial charge in [0.1, 0.15) is 5.54 Å². The van der Waals surface area contributed by atoms with E-state index in [0.29, 0.717) is 6.54 Å². The third kappa shape index (κ3) is 4.31. The maximum atomic E-state index is 11.8. The highest BCUT2D eigenvalue weighted by Crippen LogP contribution is 2.18. The molecule has 0 aliphatic heterocycles. The zero-order valence-corrected chi connectivity index (χ0v) is 12.0. The molecule has 0 saturated heterocycles. The van der Waals surface area contributed by atoms with Gasteiger partial charge in [0.2, 0.25) is 5.91 Å². The third-order valence-corrected chi connectivity index (χ3v) is 3.18. The zero-order chi connectivity index (χ0) is 14.5. The highest BCUT2D eigenvalue weighted by atomic mass is 16.1. The molecule has 0 radical (unpaired) electrons. The van der Waals surface area contributed by atoms with Crippen molar-refractivity contribution in [1.82, 2.24) is 9.80 Å². The van der Waals surface area contributed by atoms with Gasteiger partial charge in [0.05, 0.1) is 0 Å². The molecule has 5 nitrogen and oxygen atoms in total. The second kappa shape index (κ2) is 6.65. The first-order valence-corrected chi connectivity index (χ1v) is 6.34. The lowest BCUT2D eigenvalue weighted by molar-refractivity contribution is -0.124. The number of nitrogens with zero attached hydrogens (tertiary/aromatic N) is 2. The van der Waals surface area contributed by atoms with Crippen LogP contribution in [0.25, 0.3) is 0 Å². The Hall–Kier alpha value is -1.43. The summed E-state index contributed by atoms with van der Waals surface area (Å²) in [6, 6.07) is 9.29. The van der Waals surface area contributed by atoms with E-state index in [-0.39, 0.29) is 0 Å². The molecule has 1 amide bonds. The van der Waals surface area contributed by atoms with E-state index in [1.54, 1.807) is 0 Å². The Morgan fingerprint density at radius 2 is 1.74 bits per heavy atom. The van der Waals surface area contributed by atoms with Crippen LogP contribution in [-0.4, -0.2) is 56.5 Å². The van der Waals surface area contributed by atoms with E-state index in [4.69, 9.17) is 11.5 Å². The molecule has 0 fully saturated rings. The lowest BCUT2D eigenvalue weighted by Gasteiger charge is -2.31. The van der Waals surface area contributed by atoms with Crippen molar-refractivity contribution in [2.24, 2.45) is 11.5 Å². The van der Waals surface area contributed by atoms with Crippen LogP contribution in [0.3, 0.4) is 0 Å². The topological polar surface area (TPSA) is 75.6 Å². The van der Waals surface area contributed by atoms with Gasteiger partial charge in [0, 0.05) is 19.6 Å².